The molecule has 0 bridgehead atoms. The predicted octanol–water partition coefficient (Wildman–Crippen LogP) is 3.79. The highest BCUT2D eigenvalue weighted by molar-refractivity contribution is 7.93. The van der Waals surface area contributed by atoms with Crippen molar-refractivity contribution in [2.75, 3.05) is 4.31 Å². The van der Waals surface area contributed by atoms with Crippen molar-refractivity contribution in [1.29, 1.82) is 0 Å². The van der Waals surface area contributed by atoms with Crippen molar-refractivity contribution in [3.63, 3.8) is 0 Å². The van der Waals surface area contributed by atoms with Gasteiger partial charge in [0.1, 0.15) is 5.75 Å². The molecule has 1 amide bonds. The molecule has 4 aromatic rings. The van der Waals surface area contributed by atoms with Crippen LogP contribution < -0.4 is 4.31 Å². The standard InChI is InChI=1S/C22H17N3O5S/c1-15-23-21(30-24-15)16-7-9-17(10-8-16)22(27)25(18-11-13-19(26)14-12-18)31(28,29)20-5-3-2-4-6-20/h2-14,26H,1H3. The van der Waals surface area contributed by atoms with Crippen LogP contribution in [0.1, 0.15) is 16.2 Å². The number of amides is 1. The normalized spacial score (nSPS) is 11.3. The summed E-state index contributed by atoms with van der Waals surface area (Å²) in [5.74, 6) is -0.0262. The van der Waals surface area contributed by atoms with Gasteiger partial charge in [0.25, 0.3) is 21.8 Å². The molecule has 0 fully saturated rings. The first-order valence-corrected chi connectivity index (χ1v) is 10.6. The number of anilines is 1. The molecule has 0 aliphatic heterocycles. The van der Waals surface area contributed by atoms with E-state index < -0.39 is 15.9 Å². The minimum atomic E-state index is -4.21. The lowest BCUT2D eigenvalue weighted by molar-refractivity contribution is 0.101. The van der Waals surface area contributed by atoms with Crippen LogP contribution >= 0.6 is 0 Å². The molecular weight excluding hydrogens is 418 g/mol. The molecule has 31 heavy (non-hydrogen) atoms. The number of aryl methyl sites for hydroxylation is 1. The summed E-state index contributed by atoms with van der Waals surface area (Å²) < 4.78 is 32.5. The molecule has 4 rings (SSSR count). The van der Waals surface area contributed by atoms with Crippen LogP contribution in [0.25, 0.3) is 11.5 Å². The van der Waals surface area contributed by atoms with E-state index in [1.165, 1.54) is 48.5 Å². The van der Waals surface area contributed by atoms with Gasteiger partial charge in [-0.25, -0.2) is 8.42 Å². The number of benzene rings is 3. The van der Waals surface area contributed by atoms with Gasteiger partial charge in [-0.1, -0.05) is 23.4 Å². The van der Waals surface area contributed by atoms with Gasteiger partial charge in [-0.05, 0) is 67.6 Å². The molecule has 8 nitrogen and oxygen atoms in total. The summed E-state index contributed by atoms with van der Waals surface area (Å²) in [6.45, 7) is 1.69. The highest BCUT2D eigenvalue weighted by Gasteiger charge is 2.31. The van der Waals surface area contributed by atoms with Crippen molar-refractivity contribution in [3.8, 4) is 17.2 Å². The fourth-order valence-electron chi connectivity index (χ4n) is 2.94. The van der Waals surface area contributed by atoms with Crippen molar-refractivity contribution in [2.45, 2.75) is 11.8 Å². The number of carbonyl (C=O) groups is 1. The Morgan fingerprint density at radius 3 is 2.16 bits per heavy atom. The zero-order chi connectivity index (χ0) is 22.0. The van der Waals surface area contributed by atoms with Crippen molar-refractivity contribution in [2.24, 2.45) is 0 Å². The van der Waals surface area contributed by atoms with Crippen molar-refractivity contribution < 1.29 is 22.8 Å². The van der Waals surface area contributed by atoms with Crippen LogP contribution in [0.15, 0.2) is 88.3 Å². The molecule has 0 saturated heterocycles. The third-order valence-electron chi connectivity index (χ3n) is 4.46. The molecule has 1 heterocycles. The Balaban J connectivity index is 1.76. The maximum Gasteiger partial charge on any atom is 0.272 e. The summed E-state index contributed by atoms with van der Waals surface area (Å²) in [5.41, 5.74) is 0.843. The average Bonchev–Trinajstić information content (AvgIpc) is 3.22. The quantitative estimate of drug-likeness (QED) is 0.507. The number of nitrogens with zero attached hydrogens (tertiary/aromatic N) is 3. The number of sulfonamides is 1. The highest BCUT2D eigenvalue weighted by atomic mass is 32.2. The SMILES string of the molecule is Cc1noc(-c2ccc(C(=O)N(c3ccc(O)cc3)S(=O)(=O)c3ccccc3)cc2)n1. The van der Waals surface area contributed by atoms with E-state index in [-0.39, 0.29) is 21.9 Å². The number of rotatable bonds is 5. The van der Waals surface area contributed by atoms with E-state index in [4.69, 9.17) is 4.52 Å². The molecule has 0 aliphatic rings. The maximum atomic E-state index is 13.3. The number of hydrogen-bond acceptors (Lipinski definition) is 7. The first kappa shape index (κ1) is 20.3. The number of carbonyl (C=O) groups excluding carboxylic acids is 1. The van der Waals surface area contributed by atoms with Gasteiger partial charge in [0.2, 0.25) is 0 Å². The number of hydrogen-bond donors (Lipinski definition) is 1. The second kappa shape index (κ2) is 8.04. The molecule has 0 atom stereocenters. The van der Waals surface area contributed by atoms with Gasteiger partial charge in [0.15, 0.2) is 5.82 Å². The Bertz CT molecular complexity index is 1320. The number of aromatic nitrogens is 2. The highest BCUT2D eigenvalue weighted by Crippen LogP contribution is 2.28. The van der Waals surface area contributed by atoms with Crippen LogP contribution in [0.3, 0.4) is 0 Å². The van der Waals surface area contributed by atoms with E-state index in [0.29, 0.717) is 21.6 Å². The Kier molecular flexibility index (Phi) is 5.26. The van der Waals surface area contributed by atoms with Gasteiger partial charge in [0.05, 0.1) is 10.6 Å². The second-order valence-electron chi connectivity index (χ2n) is 6.63. The van der Waals surface area contributed by atoms with Gasteiger partial charge in [-0.2, -0.15) is 9.29 Å². The largest absolute Gasteiger partial charge is 0.508 e. The van der Waals surface area contributed by atoms with Crippen LogP contribution in [-0.4, -0.2) is 29.6 Å². The third-order valence-corrected chi connectivity index (χ3v) is 6.18. The van der Waals surface area contributed by atoms with Crippen LogP contribution in [-0.2, 0) is 10.0 Å². The summed E-state index contributed by atoms with van der Waals surface area (Å²) in [7, 11) is -4.21. The third kappa shape index (κ3) is 4.03. The number of aromatic hydroxyl groups is 1. The van der Waals surface area contributed by atoms with E-state index in [2.05, 4.69) is 10.1 Å². The summed E-state index contributed by atoms with van der Waals surface area (Å²) in [4.78, 5) is 17.4. The van der Waals surface area contributed by atoms with Gasteiger partial charge < -0.3 is 9.63 Å². The Hall–Kier alpha value is -3.98. The van der Waals surface area contributed by atoms with Crippen molar-refractivity contribution in [3.05, 3.63) is 90.3 Å². The van der Waals surface area contributed by atoms with Crippen LogP contribution in [0.2, 0.25) is 0 Å². The average molecular weight is 435 g/mol. The minimum absolute atomic E-state index is 0.0330. The predicted molar refractivity (Wildman–Crippen MR) is 113 cm³/mol. The van der Waals surface area contributed by atoms with E-state index in [9.17, 15) is 18.3 Å². The second-order valence-corrected chi connectivity index (χ2v) is 8.41. The first-order chi connectivity index (χ1) is 14.9. The van der Waals surface area contributed by atoms with Crippen molar-refractivity contribution >= 4 is 21.6 Å². The molecule has 3 aromatic carbocycles. The molecule has 0 unspecified atom stereocenters. The molecule has 0 spiro atoms. The Morgan fingerprint density at radius 1 is 0.935 bits per heavy atom. The Labute approximate surface area is 178 Å². The summed E-state index contributed by atoms with van der Waals surface area (Å²) in [5, 5.41) is 13.3. The minimum Gasteiger partial charge on any atom is -0.508 e. The zero-order valence-electron chi connectivity index (χ0n) is 16.3. The van der Waals surface area contributed by atoms with E-state index in [1.54, 1.807) is 37.3 Å². The summed E-state index contributed by atoms with van der Waals surface area (Å²) in [6.07, 6.45) is 0. The molecule has 0 aliphatic carbocycles. The van der Waals surface area contributed by atoms with Gasteiger partial charge >= 0.3 is 0 Å². The molecular formula is C22H17N3O5S. The monoisotopic (exact) mass is 435 g/mol. The molecule has 156 valence electrons. The van der Waals surface area contributed by atoms with E-state index in [0.717, 1.165) is 0 Å². The molecule has 9 heteroatoms. The summed E-state index contributed by atoms with van der Waals surface area (Å²) >= 11 is 0. The first-order valence-electron chi connectivity index (χ1n) is 9.21. The lowest BCUT2D eigenvalue weighted by Gasteiger charge is -2.23. The topological polar surface area (TPSA) is 114 Å². The number of phenols is 1. The van der Waals surface area contributed by atoms with Crippen LogP contribution in [0.5, 0.6) is 5.75 Å². The number of phenolic OH excluding ortho intramolecular Hbond substituents is 1. The maximum absolute atomic E-state index is 13.3. The van der Waals surface area contributed by atoms with Crippen LogP contribution in [0, 0.1) is 6.92 Å². The summed E-state index contributed by atoms with van der Waals surface area (Å²) in [6, 6.07) is 19.2. The molecule has 1 aromatic heterocycles. The molecule has 0 saturated carbocycles. The van der Waals surface area contributed by atoms with E-state index >= 15 is 0 Å². The zero-order valence-corrected chi connectivity index (χ0v) is 17.2. The smallest absolute Gasteiger partial charge is 0.272 e. The van der Waals surface area contributed by atoms with Crippen LogP contribution in [0.4, 0.5) is 5.69 Å². The van der Waals surface area contributed by atoms with E-state index in [1.807, 2.05) is 0 Å². The molecule has 1 N–H and O–H groups in total. The van der Waals surface area contributed by atoms with Crippen molar-refractivity contribution in [1.82, 2.24) is 10.1 Å². The van der Waals surface area contributed by atoms with Gasteiger partial charge in [-0.15, -0.1) is 0 Å². The molecule has 0 radical (unpaired) electrons. The fourth-order valence-corrected chi connectivity index (χ4v) is 4.37. The lowest BCUT2D eigenvalue weighted by Crippen LogP contribution is -2.37. The Morgan fingerprint density at radius 2 is 1.58 bits per heavy atom. The lowest BCUT2D eigenvalue weighted by atomic mass is 10.1. The van der Waals surface area contributed by atoms with Gasteiger partial charge in [-0.3, -0.25) is 4.79 Å². The fraction of sp³-hybridized carbons (Fsp3) is 0.0455. The van der Waals surface area contributed by atoms with Gasteiger partial charge in [0, 0.05) is 11.1 Å².